The first kappa shape index (κ1) is 30.3. The lowest BCUT2D eigenvalue weighted by Crippen LogP contribution is -2.50. The fraction of sp³-hybridized carbons (Fsp3) is 0.243. The first-order chi connectivity index (χ1) is 20.8. The summed E-state index contributed by atoms with van der Waals surface area (Å²) in [6.45, 7) is 3.90. The van der Waals surface area contributed by atoms with E-state index >= 15 is 0 Å². The second-order valence-electron chi connectivity index (χ2n) is 11.2. The van der Waals surface area contributed by atoms with Crippen LogP contribution in [0.1, 0.15) is 53.2 Å². The van der Waals surface area contributed by atoms with Gasteiger partial charge >= 0.3 is 0 Å². The van der Waals surface area contributed by atoms with Crippen LogP contribution in [-0.4, -0.2) is 36.9 Å². The van der Waals surface area contributed by atoms with Crippen LogP contribution in [0.2, 0.25) is 0 Å². The largest absolute Gasteiger partial charge is 0.300 e. The molecule has 0 saturated heterocycles. The number of carbonyl (C=O) groups excluding carboxylic acids is 2. The van der Waals surface area contributed by atoms with Crippen LogP contribution in [-0.2, 0) is 21.2 Å². The summed E-state index contributed by atoms with van der Waals surface area (Å²) in [6.07, 6.45) is 1.53. The zero-order valence-corrected chi connectivity index (χ0v) is 25.5. The Kier molecular flexibility index (Phi) is 9.49. The fourth-order valence-corrected chi connectivity index (χ4v) is 7.61. The molecule has 1 aliphatic heterocycles. The Morgan fingerprint density at radius 3 is 1.98 bits per heavy atom. The van der Waals surface area contributed by atoms with Gasteiger partial charge in [0, 0.05) is 36.4 Å². The van der Waals surface area contributed by atoms with Gasteiger partial charge in [-0.05, 0) is 48.6 Å². The van der Waals surface area contributed by atoms with E-state index in [4.69, 9.17) is 0 Å². The zero-order valence-electron chi connectivity index (χ0n) is 24.6. The average Bonchev–Trinajstić information content (AvgIpc) is 3.02. The number of sulfonamides is 1. The molecule has 2 unspecified atom stereocenters. The summed E-state index contributed by atoms with van der Waals surface area (Å²) >= 11 is 0. The van der Waals surface area contributed by atoms with Crippen molar-refractivity contribution >= 4 is 27.2 Å². The second-order valence-corrected chi connectivity index (χ2v) is 13.1. The molecule has 0 spiro atoms. The number of aryl methyl sites for hydroxylation is 1. The lowest BCUT2D eigenvalue weighted by Gasteiger charge is -2.42. The van der Waals surface area contributed by atoms with Crippen molar-refractivity contribution in [1.82, 2.24) is 4.31 Å². The minimum absolute atomic E-state index is 0.0208. The van der Waals surface area contributed by atoms with Gasteiger partial charge in [-0.2, -0.15) is 4.31 Å². The van der Waals surface area contributed by atoms with Crippen LogP contribution in [0.25, 0.3) is 5.57 Å². The molecule has 220 valence electrons. The van der Waals surface area contributed by atoms with Crippen LogP contribution in [0, 0.1) is 12.8 Å². The highest BCUT2D eigenvalue weighted by atomic mass is 32.2. The van der Waals surface area contributed by atoms with E-state index in [0.29, 0.717) is 36.0 Å². The van der Waals surface area contributed by atoms with Gasteiger partial charge in [0.1, 0.15) is 5.78 Å². The molecule has 2 atom stereocenters. The molecule has 0 aromatic heterocycles. The molecule has 0 radical (unpaired) electrons. The van der Waals surface area contributed by atoms with Gasteiger partial charge < -0.3 is 0 Å². The van der Waals surface area contributed by atoms with Crippen LogP contribution >= 0.6 is 0 Å². The summed E-state index contributed by atoms with van der Waals surface area (Å²) in [5.41, 5.74) is 4.40. The van der Waals surface area contributed by atoms with Gasteiger partial charge in [-0.25, -0.2) is 8.42 Å². The first-order valence-corrected chi connectivity index (χ1v) is 16.3. The van der Waals surface area contributed by atoms with Crippen molar-refractivity contribution in [2.75, 3.05) is 6.54 Å². The number of benzene rings is 4. The summed E-state index contributed by atoms with van der Waals surface area (Å²) in [7, 11) is -4.01. The molecular weight excluding hydrogens is 554 g/mol. The lowest BCUT2D eigenvalue weighted by atomic mass is 9.76. The number of nitrogens with zero attached hydrogens (tertiary/aromatic N) is 1. The highest BCUT2D eigenvalue weighted by molar-refractivity contribution is 7.89. The van der Waals surface area contributed by atoms with Crippen molar-refractivity contribution in [1.29, 1.82) is 0 Å². The molecule has 0 saturated carbocycles. The minimum Gasteiger partial charge on any atom is -0.300 e. The summed E-state index contributed by atoms with van der Waals surface area (Å²) in [4.78, 5) is 27.8. The van der Waals surface area contributed by atoms with Gasteiger partial charge in [0.05, 0.1) is 10.9 Å². The minimum atomic E-state index is -4.01. The van der Waals surface area contributed by atoms with Crippen LogP contribution in [0.5, 0.6) is 0 Å². The molecule has 0 fully saturated rings. The van der Waals surface area contributed by atoms with Crippen LogP contribution in [0.15, 0.2) is 126 Å². The van der Waals surface area contributed by atoms with E-state index in [1.54, 1.807) is 40.7 Å². The van der Waals surface area contributed by atoms with Gasteiger partial charge in [0.25, 0.3) is 0 Å². The Hall–Kier alpha value is -4.13. The molecule has 5 nitrogen and oxygen atoms in total. The van der Waals surface area contributed by atoms with E-state index in [0.717, 1.165) is 16.7 Å². The van der Waals surface area contributed by atoms with Crippen LogP contribution < -0.4 is 0 Å². The Bertz CT molecular complexity index is 1700. The maximum atomic E-state index is 14.5. The number of carbonyl (C=O) groups is 2. The molecule has 0 N–H and O–H groups in total. The van der Waals surface area contributed by atoms with Crippen molar-refractivity contribution < 1.29 is 18.0 Å². The first-order valence-electron chi connectivity index (χ1n) is 14.8. The standard InChI is InChI=1S/C37H37NO4S/c1-3-13-32(39)25-31-26-38(43(41,42)33-22-20-27(2)21-23-33)34(24-28-14-7-4-8-15-28)35(29-16-9-5-10-17-29)36(31)37(40)30-18-11-6-12-19-30/h4-12,14-23,31,34H,3,13,24-26H2,1-2H3. The van der Waals surface area contributed by atoms with Gasteiger partial charge in [0.2, 0.25) is 10.0 Å². The molecule has 4 aromatic carbocycles. The average molecular weight is 592 g/mol. The Labute approximate surface area is 254 Å². The monoisotopic (exact) mass is 591 g/mol. The van der Waals surface area contributed by atoms with Crippen molar-refractivity contribution in [3.8, 4) is 0 Å². The van der Waals surface area contributed by atoms with Gasteiger partial charge in [-0.3, -0.25) is 9.59 Å². The zero-order chi connectivity index (χ0) is 30.4. The molecule has 1 heterocycles. The maximum Gasteiger partial charge on any atom is 0.243 e. The number of ketones is 2. The third kappa shape index (κ3) is 6.76. The second kappa shape index (κ2) is 13.4. The molecule has 0 amide bonds. The molecule has 6 heteroatoms. The van der Waals surface area contributed by atoms with Crippen molar-refractivity contribution in [2.24, 2.45) is 5.92 Å². The van der Waals surface area contributed by atoms with Crippen LogP contribution in [0.3, 0.4) is 0 Å². The van der Waals surface area contributed by atoms with Crippen molar-refractivity contribution in [3.05, 3.63) is 143 Å². The summed E-state index contributed by atoms with van der Waals surface area (Å²) < 4.78 is 30.6. The third-order valence-corrected chi connectivity index (χ3v) is 9.94. The highest BCUT2D eigenvalue weighted by Crippen LogP contribution is 2.42. The molecule has 0 aliphatic carbocycles. The van der Waals surface area contributed by atoms with E-state index in [-0.39, 0.29) is 29.4 Å². The third-order valence-electron chi connectivity index (χ3n) is 8.05. The molecule has 5 rings (SSSR count). The normalized spacial score (nSPS) is 17.5. The van der Waals surface area contributed by atoms with Crippen molar-refractivity contribution in [3.63, 3.8) is 0 Å². The summed E-state index contributed by atoms with van der Waals surface area (Å²) in [6, 6.07) is 34.6. The smallest absolute Gasteiger partial charge is 0.243 e. The number of hydrogen-bond acceptors (Lipinski definition) is 4. The summed E-state index contributed by atoms with van der Waals surface area (Å²) in [5, 5.41) is 0. The Morgan fingerprint density at radius 2 is 1.37 bits per heavy atom. The number of hydrogen-bond donors (Lipinski definition) is 0. The highest BCUT2D eigenvalue weighted by Gasteiger charge is 2.44. The van der Waals surface area contributed by atoms with Gasteiger partial charge in [-0.1, -0.05) is 116 Å². The van der Waals surface area contributed by atoms with E-state index in [1.165, 1.54) is 0 Å². The quantitative estimate of drug-likeness (QED) is 0.171. The Balaban J connectivity index is 1.79. The fourth-order valence-electron chi connectivity index (χ4n) is 5.97. The molecule has 4 aromatic rings. The molecule has 1 aliphatic rings. The molecule has 43 heavy (non-hydrogen) atoms. The van der Waals surface area contributed by atoms with Gasteiger partial charge in [0.15, 0.2) is 5.78 Å². The van der Waals surface area contributed by atoms with E-state index in [2.05, 4.69) is 0 Å². The van der Waals surface area contributed by atoms with E-state index < -0.39 is 22.0 Å². The van der Waals surface area contributed by atoms with E-state index in [1.807, 2.05) is 92.7 Å². The van der Waals surface area contributed by atoms with Crippen molar-refractivity contribution in [2.45, 2.75) is 50.5 Å². The van der Waals surface area contributed by atoms with Gasteiger partial charge in [-0.15, -0.1) is 0 Å². The molecular formula is C37H37NO4S. The molecule has 0 bridgehead atoms. The topological polar surface area (TPSA) is 71.5 Å². The predicted molar refractivity (Wildman–Crippen MR) is 171 cm³/mol. The van der Waals surface area contributed by atoms with E-state index in [9.17, 15) is 18.0 Å². The number of Topliss-reactive ketones (excluding diaryl/α,β-unsaturated/α-hetero) is 2. The summed E-state index contributed by atoms with van der Waals surface area (Å²) in [5.74, 6) is -0.749. The SMILES string of the molecule is CCCC(=O)CC1CN(S(=O)(=O)c2ccc(C)cc2)C(Cc2ccccc2)C(c2ccccc2)=C1C(=O)c1ccccc1. The maximum absolute atomic E-state index is 14.5. The Morgan fingerprint density at radius 1 is 0.791 bits per heavy atom. The van der Waals surface area contributed by atoms with Crippen LogP contribution in [0.4, 0.5) is 0 Å². The number of rotatable bonds is 11. The predicted octanol–water partition coefficient (Wildman–Crippen LogP) is 7.32. The lowest BCUT2D eigenvalue weighted by molar-refractivity contribution is -0.119.